The molecule has 122 valence electrons. The minimum Gasteiger partial charge on any atom is -0.221 e. The quantitative estimate of drug-likeness (QED) is 0.269. The summed E-state index contributed by atoms with van der Waals surface area (Å²) in [4.78, 5) is 0. The van der Waals surface area contributed by atoms with Gasteiger partial charge in [0.1, 0.15) is 6.04 Å². The fourth-order valence-corrected chi connectivity index (χ4v) is 3.86. The average molecular weight is 294 g/mol. The van der Waals surface area contributed by atoms with E-state index < -0.39 is 0 Å². The standard InChI is InChI=1S/C19H37N2/c1-3-5-7-8-9-10-12-16-21(18-20)17-13-11-15-19(21)14-6-4-2/h19H,3-17H2,1-2H3/q+1. The first-order valence-corrected chi connectivity index (χ1v) is 9.57. The topological polar surface area (TPSA) is 23.8 Å². The molecule has 0 amide bonds. The molecule has 0 aliphatic carbocycles. The predicted molar refractivity (Wildman–Crippen MR) is 90.8 cm³/mol. The van der Waals surface area contributed by atoms with Crippen LogP contribution in [0.3, 0.4) is 0 Å². The third-order valence-corrected chi connectivity index (χ3v) is 5.29. The Labute approximate surface area is 133 Å². The molecule has 1 saturated heterocycles. The van der Waals surface area contributed by atoms with E-state index >= 15 is 0 Å². The molecule has 2 unspecified atom stereocenters. The van der Waals surface area contributed by atoms with Gasteiger partial charge in [-0.05, 0) is 32.1 Å². The number of quaternary nitrogens is 1. The molecule has 1 aliphatic heterocycles. The second kappa shape index (κ2) is 11.1. The second-order valence-electron chi connectivity index (χ2n) is 6.99. The summed E-state index contributed by atoms with van der Waals surface area (Å²) in [5.74, 6) is 0. The van der Waals surface area contributed by atoms with Crippen LogP contribution >= 0.6 is 0 Å². The van der Waals surface area contributed by atoms with Crippen LogP contribution in [0.15, 0.2) is 0 Å². The summed E-state index contributed by atoms with van der Waals surface area (Å²) in [6.45, 7) is 6.76. The van der Waals surface area contributed by atoms with Crippen LogP contribution in [0.5, 0.6) is 0 Å². The maximum atomic E-state index is 9.81. The highest BCUT2D eigenvalue weighted by molar-refractivity contribution is 4.74. The number of nitriles is 1. The smallest absolute Gasteiger partial charge is 0.221 e. The Morgan fingerprint density at radius 1 is 0.905 bits per heavy atom. The van der Waals surface area contributed by atoms with Gasteiger partial charge in [-0.2, -0.15) is 0 Å². The lowest BCUT2D eigenvalue weighted by Gasteiger charge is -2.40. The fourth-order valence-electron chi connectivity index (χ4n) is 3.86. The maximum Gasteiger partial charge on any atom is 0.308 e. The summed E-state index contributed by atoms with van der Waals surface area (Å²) in [5, 5.41) is 9.81. The van der Waals surface area contributed by atoms with Crippen molar-refractivity contribution < 1.29 is 4.48 Å². The molecule has 0 aromatic rings. The SMILES string of the molecule is CCCCCCCCC[N+]1(C#N)CCCCC1CCCC. The van der Waals surface area contributed by atoms with E-state index in [1.54, 1.807) is 0 Å². The average Bonchev–Trinajstić information content (AvgIpc) is 2.53. The zero-order valence-electron chi connectivity index (χ0n) is 14.6. The number of nitrogens with zero attached hydrogens (tertiary/aromatic N) is 2. The van der Waals surface area contributed by atoms with E-state index in [0.29, 0.717) is 6.04 Å². The summed E-state index contributed by atoms with van der Waals surface area (Å²) >= 11 is 0. The van der Waals surface area contributed by atoms with Crippen molar-refractivity contribution in [3.8, 4) is 6.19 Å². The number of unbranched alkanes of at least 4 members (excludes halogenated alkanes) is 7. The van der Waals surface area contributed by atoms with Gasteiger partial charge in [0, 0.05) is 12.8 Å². The highest BCUT2D eigenvalue weighted by Gasteiger charge is 2.39. The molecule has 0 N–H and O–H groups in total. The van der Waals surface area contributed by atoms with Crippen molar-refractivity contribution in [2.24, 2.45) is 0 Å². The lowest BCUT2D eigenvalue weighted by molar-refractivity contribution is -0.897. The van der Waals surface area contributed by atoms with E-state index in [9.17, 15) is 5.26 Å². The summed E-state index contributed by atoms with van der Waals surface area (Å²) in [6, 6.07) is 0.629. The Kier molecular flexibility index (Phi) is 9.76. The first kappa shape index (κ1) is 18.5. The van der Waals surface area contributed by atoms with Crippen molar-refractivity contribution in [2.75, 3.05) is 13.1 Å². The van der Waals surface area contributed by atoms with Crippen molar-refractivity contribution >= 4 is 0 Å². The molecule has 0 bridgehead atoms. The summed E-state index contributed by atoms with van der Waals surface area (Å²) < 4.78 is 0.773. The van der Waals surface area contributed by atoms with Crippen molar-refractivity contribution in [3.05, 3.63) is 0 Å². The summed E-state index contributed by atoms with van der Waals surface area (Å²) in [7, 11) is 0. The fraction of sp³-hybridized carbons (Fsp3) is 0.947. The molecule has 1 fully saturated rings. The Morgan fingerprint density at radius 3 is 2.24 bits per heavy atom. The number of rotatable bonds is 11. The number of hydrogen-bond acceptors (Lipinski definition) is 1. The predicted octanol–water partition coefficient (Wildman–Crippen LogP) is 5.78. The Morgan fingerprint density at radius 2 is 1.57 bits per heavy atom. The first-order valence-electron chi connectivity index (χ1n) is 9.57. The van der Waals surface area contributed by atoms with Crippen LogP contribution in [0.4, 0.5) is 0 Å². The van der Waals surface area contributed by atoms with Crippen LogP contribution < -0.4 is 0 Å². The Hall–Kier alpha value is -0.550. The molecule has 1 heterocycles. The van der Waals surface area contributed by atoms with Crippen LogP contribution in [0.1, 0.15) is 97.3 Å². The lowest BCUT2D eigenvalue weighted by atomic mass is 9.94. The van der Waals surface area contributed by atoms with E-state index in [1.807, 2.05) is 0 Å². The van der Waals surface area contributed by atoms with Crippen molar-refractivity contribution in [3.63, 3.8) is 0 Å². The number of hydrogen-bond donors (Lipinski definition) is 0. The normalized spacial score (nSPS) is 25.7. The van der Waals surface area contributed by atoms with Gasteiger partial charge >= 0.3 is 6.19 Å². The lowest BCUT2D eigenvalue weighted by Crippen LogP contribution is -2.55. The van der Waals surface area contributed by atoms with Gasteiger partial charge in [-0.15, -0.1) is 5.26 Å². The van der Waals surface area contributed by atoms with Gasteiger partial charge < -0.3 is 0 Å². The van der Waals surface area contributed by atoms with E-state index in [0.717, 1.165) is 17.6 Å². The molecule has 2 heteroatoms. The molecule has 0 radical (unpaired) electrons. The third kappa shape index (κ3) is 6.39. The molecule has 21 heavy (non-hydrogen) atoms. The molecule has 0 aromatic carbocycles. The van der Waals surface area contributed by atoms with E-state index in [4.69, 9.17) is 0 Å². The molecule has 1 rings (SSSR count). The monoisotopic (exact) mass is 293 g/mol. The molecule has 0 spiro atoms. The van der Waals surface area contributed by atoms with Gasteiger partial charge in [0.25, 0.3) is 0 Å². The molecule has 0 aromatic heterocycles. The highest BCUT2D eigenvalue weighted by atomic mass is 15.4. The highest BCUT2D eigenvalue weighted by Crippen LogP contribution is 2.29. The van der Waals surface area contributed by atoms with Crippen LogP contribution in [0.2, 0.25) is 0 Å². The van der Waals surface area contributed by atoms with Crippen molar-refractivity contribution in [1.29, 1.82) is 5.26 Å². The second-order valence-corrected chi connectivity index (χ2v) is 6.99. The molecule has 2 atom stereocenters. The zero-order chi connectivity index (χ0) is 15.4. The zero-order valence-corrected chi connectivity index (χ0v) is 14.6. The van der Waals surface area contributed by atoms with Crippen LogP contribution in [-0.4, -0.2) is 23.6 Å². The number of piperidine rings is 1. The van der Waals surface area contributed by atoms with Gasteiger partial charge in [-0.1, -0.05) is 52.4 Å². The van der Waals surface area contributed by atoms with Gasteiger partial charge in [0.05, 0.1) is 13.1 Å². The van der Waals surface area contributed by atoms with Gasteiger partial charge in [0.15, 0.2) is 0 Å². The summed E-state index contributed by atoms with van der Waals surface area (Å²) in [6.07, 6.45) is 19.9. The van der Waals surface area contributed by atoms with Crippen molar-refractivity contribution in [1.82, 2.24) is 0 Å². The molecular weight excluding hydrogens is 256 g/mol. The maximum absolute atomic E-state index is 9.81. The molecule has 2 nitrogen and oxygen atoms in total. The minimum absolute atomic E-state index is 0.629. The van der Waals surface area contributed by atoms with Crippen LogP contribution in [0.25, 0.3) is 0 Å². The van der Waals surface area contributed by atoms with Crippen LogP contribution in [-0.2, 0) is 0 Å². The van der Waals surface area contributed by atoms with Crippen molar-refractivity contribution in [2.45, 2.75) is 103 Å². The third-order valence-electron chi connectivity index (χ3n) is 5.29. The van der Waals surface area contributed by atoms with Gasteiger partial charge in [0.2, 0.25) is 0 Å². The summed E-state index contributed by atoms with van der Waals surface area (Å²) in [5.41, 5.74) is 0. The molecule has 0 saturated carbocycles. The van der Waals surface area contributed by atoms with E-state index in [-0.39, 0.29) is 0 Å². The van der Waals surface area contributed by atoms with E-state index in [1.165, 1.54) is 83.5 Å². The van der Waals surface area contributed by atoms with E-state index in [2.05, 4.69) is 20.0 Å². The van der Waals surface area contributed by atoms with Gasteiger partial charge in [-0.3, -0.25) is 0 Å². The molecule has 1 aliphatic rings. The largest absolute Gasteiger partial charge is 0.308 e. The number of likely N-dealkylation sites (tertiary alicyclic amines) is 1. The van der Waals surface area contributed by atoms with Gasteiger partial charge in [-0.25, -0.2) is 4.48 Å². The Balaban J connectivity index is 2.33. The minimum atomic E-state index is 0.629. The van der Waals surface area contributed by atoms with Crippen LogP contribution in [0, 0.1) is 11.5 Å². The molecular formula is C19H37N2+. The first-order chi connectivity index (χ1) is 10.3. The Bertz CT molecular complexity index is 294.